The summed E-state index contributed by atoms with van der Waals surface area (Å²) in [6.45, 7) is 1.59. The zero-order valence-electron chi connectivity index (χ0n) is 9.84. The van der Waals surface area contributed by atoms with Crippen molar-refractivity contribution < 1.29 is 19.4 Å². The molecule has 0 atom stereocenters. The molecular formula is C12H15NO4. The molecule has 1 N–H and O–H groups in total. The number of methoxy groups -OCH3 is 1. The van der Waals surface area contributed by atoms with Crippen molar-refractivity contribution in [1.82, 2.24) is 0 Å². The summed E-state index contributed by atoms with van der Waals surface area (Å²) in [7, 11) is 1.28. The Kier molecular flexibility index (Phi) is 4.51. The number of benzene rings is 1. The first-order valence-electron chi connectivity index (χ1n) is 5.13. The number of nitrogens with zero attached hydrogens (tertiary/aromatic N) is 1. The van der Waals surface area contributed by atoms with E-state index in [1.54, 1.807) is 6.07 Å². The number of hydrogen-bond donors (Lipinski definition) is 1. The Labute approximate surface area is 99.6 Å². The van der Waals surface area contributed by atoms with Crippen LogP contribution in [-0.4, -0.2) is 37.2 Å². The average Bonchev–Trinajstić information content (AvgIpc) is 2.27. The summed E-state index contributed by atoms with van der Waals surface area (Å²) in [5.41, 5.74) is 1.69. The van der Waals surface area contributed by atoms with Crippen LogP contribution in [0.25, 0.3) is 0 Å². The molecule has 0 aliphatic carbocycles. The highest BCUT2D eigenvalue weighted by Crippen LogP contribution is 2.15. The van der Waals surface area contributed by atoms with Crippen LogP contribution >= 0.6 is 0 Å². The van der Waals surface area contributed by atoms with Crippen molar-refractivity contribution in [2.75, 3.05) is 25.1 Å². The molecule has 5 nitrogen and oxygen atoms in total. The van der Waals surface area contributed by atoms with E-state index in [1.807, 2.05) is 25.1 Å². The SMILES string of the molecule is COC(=O)CN(CC(=O)O)c1cccc(C)c1. The first kappa shape index (κ1) is 13.0. The fraction of sp³-hybridized carbons (Fsp3) is 0.333. The van der Waals surface area contributed by atoms with Crippen molar-refractivity contribution in [3.8, 4) is 0 Å². The molecule has 0 spiro atoms. The van der Waals surface area contributed by atoms with E-state index >= 15 is 0 Å². The minimum atomic E-state index is -0.990. The molecule has 0 radical (unpaired) electrons. The van der Waals surface area contributed by atoms with Gasteiger partial charge in [0, 0.05) is 5.69 Å². The smallest absolute Gasteiger partial charge is 0.325 e. The number of carboxylic acid groups (broad SMARTS) is 1. The lowest BCUT2D eigenvalue weighted by Crippen LogP contribution is -2.35. The maximum absolute atomic E-state index is 11.2. The van der Waals surface area contributed by atoms with E-state index in [2.05, 4.69) is 4.74 Å². The molecule has 0 aliphatic heterocycles. The average molecular weight is 237 g/mol. The van der Waals surface area contributed by atoms with Crippen LogP contribution in [0.15, 0.2) is 24.3 Å². The van der Waals surface area contributed by atoms with Gasteiger partial charge in [0.15, 0.2) is 0 Å². The predicted molar refractivity (Wildman–Crippen MR) is 63.0 cm³/mol. The van der Waals surface area contributed by atoms with Gasteiger partial charge < -0.3 is 14.7 Å². The Morgan fingerprint density at radius 2 is 2.06 bits per heavy atom. The van der Waals surface area contributed by atoms with Crippen LogP contribution in [0, 0.1) is 6.92 Å². The number of carboxylic acids is 1. The molecule has 1 aromatic rings. The van der Waals surface area contributed by atoms with Crippen molar-refractivity contribution in [2.24, 2.45) is 0 Å². The van der Waals surface area contributed by atoms with Crippen molar-refractivity contribution in [1.29, 1.82) is 0 Å². The highest BCUT2D eigenvalue weighted by Gasteiger charge is 2.14. The van der Waals surface area contributed by atoms with Gasteiger partial charge in [-0.3, -0.25) is 9.59 Å². The molecule has 0 amide bonds. The second-order valence-corrected chi connectivity index (χ2v) is 3.66. The van der Waals surface area contributed by atoms with Crippen LogP contribution in [0.1, 0.15) is 5.56 Å². The van der Waals surface area contributed by atoms with Gasteiger partial charge in [0.1, 0.15) is 13.1 Å². The highest BCUT2D eigenvalue weighted by molar-refractivity contribution is 5.80. The zero-order chi connectivity index (χ0) is 12.8. The monoisotopic (exact) mass is 237 g/mol. The Morgan fingerprint density at radius 1 is 1.35 bits per heavy atom. The number of rotatable bonds is 5. The van der Waals surface area contributed by atoms with Crippen LogP contribution in [0.2, 0.25) is 0 Å². The molecule has 0 heterocycles. The van der Waals surface area contributed by atoms with E-state index < -0.39 is 11.9 Å². The van der Waals surface area contributed by atoms with E-state index in [1.165, 1.54) is 12.0 Å². The molecule has 0 fully saturated rings. The summed E-state index contributed by atoms with van der Waals surface area (Å²) < 4.78 is 4.54. The third kappa shape index (κ3) is 4.14. The van der Waals surface area contributed by atoms with Gasteiger partial charge in [0.25, 0.3) is 0 Å². The Morgan fingerprint density at radius 3 is 2.59 bits per heavy atom. The molecule has 0 saturated carbocycles. The van der Waals surface area contributed by atoms with E-state index in [4.69, 9.17) is 5.11 Å². The van der Waals surface area contributed by atoms with Gasteiger partial charge >= 0.3 is 11.9 Å². The molecular weight excluding hydrogens is 222 g/mol. The number of anilines is 1. The first-order chi connectivity index (χ1) is 8.02. The van der Waals surface area contributed by atoms with Crippen molar-refractivity contribution in [3.05, 3.63) is 29.8 Å². The number of aliphatic carboxylic acids is 1. The third-order valence-corrected chi connectivity index (χ3v) is 2.24. The van der Waals surface area contributed by atoms with E-state index in [0.29, 0.717) is 5.69 Å². The van der Waals surface area contributed by atoms with E-state index in [0.717, 1.165) is 5.56 Å². The van der Waals surface area contributed by atoms with Crippen LogP contribution in [0.4, 0.5) is 5.69 Å². The number of aryl methyl sites for hydroxylation is 1. The molecule has 5 heteroatoms. The zero-order valence-corrected chi connectivity index (χ0v) is 9.84. The van der Waals surface area contributed by atoms with E-state index in [-0.39, 0.29) is 13.1 Å². The molecule has 92 valence electrons. The van der Waals surface area contributed by atoms with Gasteiger partial charge in [-0.05, 0) is 24.6 Å². The molecule has 0 saturated heterocycles. The number of carbonyl (C=O) groups excluding carboxylic acids is 1. The van der Waals surface area contributed by atoms with Crippen LogP contribution < -0.4 is 4.90 Å². The second-order valence-electron chi connectivity index (χ2n) is 3.66. The highest BCUT2D eigenvalue weighted by atomic mass is 16.5. The van der Waals surface area contributed by atoms with Crippen LogP contribution in [0.3, 0.4) is 0 Å². The minimum absolute atomic E-state index is 0.0771. The predicted octanol–water partition coefficient (Wildman–Crippen LogP) is 1.06. The fourth-order valence-electron chi connectivity index (χ4n) is 1.45. The molecule has 0 aromatic heterocycles. The third-order valence-electron chi connectivity index (χ3n) is 2.24. The van der Waals surface area contributed by atoms with Crippen molar-refractivity contribution in [2.45, 2.75) is 6.92 Å². The lowest BCUT2D eigenvalue weighted by atomic mass is 10.2. The number of esters is 1. The normalized spacial score (nSPS) is 9.76. The van der Waals surface area contributed by atoms with Gasteiger partial charge in [-0.1, -0.05) is 12.1 Å². The topological polar surface area (TPSA) is 66.8 Å². The van der Waals surface area contributed by atoms with Crippen molar-refractivity contribution >= 4 is 17.6 Å². The lowest BCUT2D eigenvalue weighted by molar-refractivity contribution is -0.139. The number of ether oxygens (including phenoxy) is 1. The Bertz CT molecular complexity index is 417. The summed E-state index contributed by atoms with van der Waals surface area (Å²) in [4.78, 5) is 23.4. The van der Waals surface area contributed by atoms with Gasteiger partial charge in [-0.15, -0.1) is 0 Å². The summed E-state index contributed by atoms with van der Waals surface area (Å²) in [6, 6.07) is 7.31. The van der Waals surface area contributed by atoms with E-state index in [9.17, 15) is 9.59 Å². The second kappa shape index (κ2) is 5.89. The maximum atomic E-state index is 11.2. The summed E-state index contributed by atoms with van der Waals surface area (Å²) in [6.07, 6.45) is 0. The summed E-state index contributed by atoms with van der Waals surface area (Å²) in [5.74, 6) is -1.46. The maximum Gasteiger partial charge on any atom is 0.325 e. The quantitative estimate of drug-likeness (QED) is 0.775. The van der Waals surface area contributed by atoms with Gasteiger partial charge in [0.2, 0.25) is 0 Å². The van der Waals surface area contributed by atoms with Crippen LogP contribution in [0.5, 0.6) is 0 Å². The first-order valence-corrected chi connectivity index (χ1v) is 5.13. The molecule has 1 rings (SSSR count). The lowest BCUT2D eigenvalue weighted by Gasteiger charge is -2.21. The largest absolute Gasteiger partial charge is 0.480 e. The Hall–Kier alpha value is -2.04. The van der Waals surface area contributed by atoms with Crippen LogP contribution in [-0.2, 0) is 14.3 Å². The molecule has 1 aromatic carbocycles. The summed E-state index contributed by atoms with van der Waals surface area (Å²) in [5, 5.41) is 8.81. The number of hydrogen-bond acceptors (Lipinski definition) is 4. The summed E-state index contributed by atoms with van der Waals surface area (Å²) >= 11 is 0. The van der Waals surface area contributed by atoms with Gasteiger partial charge in [-0.2, -0.15) is 0 Å². The molecule has 0 bridgehead atoms. The molecule has 0 unspecified atom stereocenters. The Balaban J connectivity index is 2.89. The molecule has 17 heavy (non-hydrogen) atoms. The minimum Gasteiger partial charge on any atom is -0.480 e. The fourth-order valence-corrected chi connectivity index (χ4v) is 1.45. The van der Waals surface area contributed by atoms with Crippen molar-refractivity contribution in [3.63, 3.8) is 0 Å². The molecule has 0 aliphatic rings. The van der Waals surface area contributed by atoms with Gasteiger partial charge in [-0.25, -0.2) is 0 Å². The van der Waals surface area contributed by atoms with Gasteiger partial charge in [0.05, 0.1) is 7.11 Å². The number of carbonyl (C=O) groups is 2. The standard InChI is InChI=1S/C12H15NO4/c1-9-4-3-5-10(6-9)13(7-11(14)15)8-12(16)17-2/h3-6H,7-8H2,1-2H3,(H,14,15).